The first-order valence-corrected chi connectivity index (χ1v) is 6.06. The van der Waals surface area contributed by atoms with E-state index in [4.69, 9.17) is 0 Å². The Bertz CT molecular complexity index is 420. The van der Waals surface area contributed by atoms with Crippen LogP contribution in [0.5, 0.6) is 0 Å². The third kappa shape index (κ3) is 3.84. The highest BCUT2D eigenvalue weighted by Crippen LogP contribution is 2.11. The van der Waals surface area contributed by atoms with E-state index in [1.165, 1.54) is 5.01 Å². The summed E-state index contributed by atoms with van der Waals surface area (Å²) in [5, 5.41) is 6.91. The molecule has 5 heteroatoms. The summed E-state index contributed by atoms with van der Waals surface area (Å²) in [6.45, 7) is 6.03. The molecule has 0 fully saturated rings. The third-order valence-corrected chi connectivity index (χ3v) is 2.67. The average Bonchev–Trinajstić information content (AvgIpc) is 2.35. The number of anilines is 1. The standard InChI is InChI=1S/C13H19N3O2/c1-4-8-16(15-18)11(3)13(17)14-12-7-5-6-10(2)9-12/h5-7,9,11H,4,8H2,1-3H3,(H,14,17). The van der Waals surface area contributed by atoms with E-state index >= 15 is 0 Å². The van der Waals surface area contributed by atoms with Crippen LogP contribution in [0.1, 0.15) is 25.8 Å². The molecule has 5 nitrogen and oxygen atoms in total. The molecule has 1 aromatic carbocycles. The fourth-order valence-electron chi connectivity index (χ4n) is 1.64. The molecule has 0 radical (unpaired) electrons. The number of carbonyl (C=O) groups excluding carboxylic acids is 1. The van der Waals surface area contributed by atoms with Gasteiger partial charge in [0.15, 0.2) is 0 Å². The Labute approximate surface area is 107 Å². The molecule has 0 aliphatic carbocycles. The number of carbonyl (C=O) groups is 1. The summed E-state index contributed by atoms with van der Waals surface area (Å²) in [7, 11) is 0. The lowest BCUT2D eigenvalue weighted by Crippen LogP contribution is -2.39. The van der Waals surface area contributed by atoms with Gasteiger partial charge < -0.3 is 5.32 Å². The largest absolute Gasteiger partial charge is 0.324 e. The van der Waals surface area contributed by atoms with Crippen molar-refractivity contribution < 1.29 is 4.79 Å². The molecule has 0 saturated heterocycles. The highest BCUT2D eigenvalue weighted by molar-refractivity contribution is 5.94. The molecular formula is C13H19N3O2. The lowest BCUT2D eigenvalue weighted by atomic mass is 10.2. The zero-order valence-electron chi connectivity index (χ0n) is 11.0. The van der Waals surface area contributed by atoms with Gasteiger partial charge in [-0.3, -0.25) is 4.79 Å². The van der Waals surface area contributed by atoms with Crippen LogP contribution >= 0.6 is 0 Å². The van der Waals surface area contributed by atoms with E-state index in [0.717, 1.165) is 17.7 Å². The van der Waals surface area contributed by atoms with Crippen molar-refractivity contribution in [1.29, 1.82) is 0 Å². The van der Waals surface area contributed by atoms with Crippen LogP contribution in [0.15, 0.2) is 29.6 Å². The van der Waals surface area contributed by atoms with Crippen molar-refractivity contribution in [3.8, 4) is 0 Å². The van der Waals surface area contributed by atoms with Gasteiger partial charge in [0.2, 0.25) is 5.91 Å². The van der Waals surface area contributed by atoms with E-state index in [9.17, 15) is 9.70 Å². The maximum absolute atomic E-state index is 11.9. The minimum Gasteiger partial charge on any atom is -0.324 e. The number of nitrogens with one attached hydrogen (secondary N) is 1. The van der Waals surface area contributed by atoms with Gasteiger partial charge in [0.25, 0.3) is 0 Å². The van der Waals surface area contributed by atoms with E-state index in [2.05, 4.69) is 10.6 Å². The van der Waals surface area contributed by atoms with Crippen molar-refractivity contribution in [2.75, 3.05) is 11.9 Å². The Morgan fingerprint density at radius 2 is 2.22 bits per heavy atom. The van der Waals surface area contributed by atoms with Gasteiger partial charge in [-0.1, -0.05) is 19.1 Å². The van der Waals surface area contributed by atoms with Crippen molar-refractivity contribution in [3.63, 3.8) is 0 Å². The van der Waals surface area contributed by atoms with Crippen LogP contribution < -0.4 is 5.32 Å². The maximum atomic E-state index is 11.9. The molecule has 0 saturated carbocycles. The lowest BCUT2D eigenvalue weighted by molar-refractivity contribution is -0.120. The van der Waals surface area contributed by atoms with Gasteiger partial charge in [0.1, 0.15) is 6.04 Å². The van der Waals surface area contributed by atoms with Gasteiger partial charge in [-0.25, -0.2) is 5.01 Å². The normalized spacial score (nSPS) is 11.7. The second-order valence-corrected chi connectivity index (χ2v) is 4.28. The molecule has 98 valence electrons. The molecule has 1 aromatic rings. The molecule has 0 heterocycles. The molecule has 0 bridgehead atoms. The van der Waals surface area contributed by atoms with Crippen molar-refractivity contribution in [2.45, 2.75) is 33.2 Å². The maximum Gasteiger partial charge on any atom is 0.248 e. The van der Waals surface area contributed by atoms with Crippen molar-refractivity contribution in [2.24, 2.45) is 5.29 Å². The van der Waals surface area contributed by atoms with Crippen molar-refractivity contribution >= 4 is 11.6 Å². The topological polar surface area (TPSA) is 61.8 Å². The minimum atomic E-state index is -0.567. The lowest BCUT2D eigenvalue weighted by Gasteiger charge is -2.21. The third-order valence-electron chi connectivity index (χ3n) is 2.67. The SMILES string of the molecule is CCCN(N=O)C(C)C(=O)Nc1cccc(C)c1. The van der Waals surface area contributed by atoms with E-state index in [-0.39, 0.29) is 5.91 Å². The second-order valence-electron chi connectivity index (χ2n) is 4.28. The summed E-state index contributed by atoms with van der Waals surface area (Å²) in [6.07, 6.45) is 0.772. The number of benzene rings is 1. The Balaban J connectivity index is 2.67. The van der Waals surface area contributed by atoms with Crippen LogP contribution in [0.2, 0.25) is 0 Å². The quantitative estimate of drug-likeness (QED) is 0.623. The molecule has 0 aliphatic heterocycles. The molecule has 18 heavy (non-hydrogen) atoms. The van der Waals surface area contributed by atoms with Gasteiger partial charge in [-0.05, 0) is 38.0 Å². The van der Waals surface area contributed by atoms with Crippen LogP contribution in [0.3, 0.4) is 0 Å². The van der Waals surface area contributed by atoms with Crippen LogP contribution in [0.4, 0.5) is 5.69 Å². The van der Waals surface area contributed by atoms with Gasteiger partial charge in [0.05, 0.1) is 5.29 Å². The first-order chi connectivity index (χ1) is 8.58. The number of hydrogen-bond acceptors (Lipinski definition) is 3. The summed E-state index contributed by atoms with van der Waals surface area (Å²) < 4.78 is 0. The molecule has 1 N–H and O–H groups in total. The number of hydrogen-bond donors (Lipinski definition) is 1. The number of nitroso groups, excluding NO2 is 1. The number of aryl methyl sites for hydroxylation is 1. The molecule has 1 unspecified atom stereocenters. The Kier molecular flexibility index (Phi) is 5.30. The molecule has 1 amide bonds. The predicted molar refractivity (Wildman–Crippen MR) is 72.1 cm³/mol. The van der Waals surface area contributed by atoms with Gasteiger partial charge in [-0.15, -0.1) is 4.91 Å². The van der Waals surface area contributed by atoms with Gasteiger partial charge in [0, 0.05) is 12.2 Å². The summed E-state index contributed by atoms with van der Waals surface area (Å²) in [5.41, 5.74) is 1.80. The fourth-order valence-corrected chi connectivity index (χ4v) is 1.64. The van der Waals surface area contributed by atoms with Gasteiger partial charge in [-0.2, -0.15) is 0 Å². The highest BCUT2D eigenvalue weighted by Gasteiger charge is 2.20. The molecule has 0 spiro atoms. The monoisotopic (exact) mass is 249 g/mol. The van der Waals surface area contributed by atoms with Gasteiger partial charge >= 0.3 is 0 Å². The summed E-state index contributed by atoms with van der Waals surface area (Å²) in [6, 6.07) is 6.95. The van der Waals surface area contributed by atoms with Crippen LogP contribution in [-0.2, 0) is 4.79 Å². The molecule has 0 aromatic heterocycles. The Hall–Kier alpha value is -1.91. The summed E-state index contributed by atoms with van der Waals surface area (Å²) in [5.74, 6) is -0.228. The molecular weight excluding hydrogens is 230 g/mol. The zero-order valence-corrected chi connectivity index (χ0v) is 11.0. The Morgan fingerprint density at radius 1 is 1.50 bits per heavy atom. The first-order valence-electron chi connectivity index (χ1n) is 6.06. The fraction of sp³-hybridized carbons (Fsp3) is 0.462. The highest BCUT2D eigenvalue weighted by atomic mass is 16.3. The van der Waals surface area contributed by atoms with Crippen LogP contribution in [0.25, 0.3) is 0 Å². The summed E-state index contributed by atoms with van der Waals surface area (Å²) in [4.78, 5) is 22.6. The second kappa shape index (κ2) is 6.74. The molecule has 0 aliphatic rings. The van der Waals surface area contributed by atoms with Crippen molar-refractivity contribution in [1.82, 2.24) is 5.01 Å². The smallest absolute Gasteiger partial charge is 0.248 e. The van der Waals surface area contributed by atoms with E-state index in [1.807, 2.05) is 38.1 Å². The molecule has 1 atom stereocenters. The number of rotatable bonds is 6. The van der Waals surface area contributed by atoms with Crippen LogP contribution in [0, 0.1) is 11.8 Å². The van der Waals surface area contributed by atoms with E-state index < -0.39 is 6.04 Å². The van der Waals surface area contributed by atoms with E-state index in [0.29, 0.717) is 6.54 Å². The number of nitrogens with zero attached hydrogens (tertiary/aromatic N) is 2. The number of amides is 1. The summed E-state index contributed by atoms with van der Waals surface area (Å²) >= 11 is 0. The first kappa shape index (κ1) is 14.2. The van der Waals surface area contributed by atoms with E-state index in [1.54, 1.807) is 6.92 Å². The Morgan fingerprint density at radius 3 is 2.78 bits per heavy atom. The predicted octanol–water partition coefficient (Wildman–Crippen LogP) is 2.72. The molecule has 1 rings (SSSR count). The minimum absolute atomic E-state index is 0.228. The zero-order chi connectivity index (χ0) is 13.5. The van der Waals surface area contributed by atoms with Crippen LogP contribution in [-0.4, -0.2) is 23.5 Å². The van der Waals surface area contributed by atoms with Crippen molar-refractivity contribution in [3.05, 3.63) is 34.7 Å². The average molecular weight is 249 g/mol.